The maximum absolute atomic E-state index is 12.7. The summed E-state index contributed by atoms with van der Waals surface area (Å²) in [4.78, 5) is 17.7. The third kappa shape index (κ3) is 2.90. The first-order valence-corrected chi connectivity index (χ1v) is 8.94. The molecule has 0 aliphatic carbocycles. The van der Waals surface area contributed by atoms with E-state index in [0.29, 0.717) is 13.1 Å². The van der Waals surface area contributed by atoms with Gasteiger partial charge in [-0.25, -0.2) is 4.79 Å². The van der Waals surface area contributed by atoms with Gasteiger partial charge in [-0.05, 0) is 47.5 Å². The molecular formula is C18H19N3O2S. The number of urea groups is 1. The molecule has 0 radical (unpaired) electrons. The van der Waals surface area contributed by atoms with Gasteiger partial charge in [-0.1, -0.05) is 6.07 Å². The Morgan fingerprint density at radius 1 is 1.33 bits per heavy atom. The Kier molecular flexibility index (Phi) is 4.00. The fourth-order valence-corrected chi connectivity index (χ4v) is 3.85. The molecule has 0 spiro atoms. The normalized spacial score (nSPS) is 21.1. The molecule has 5 nitrogen and oxygen atoms in total. The first-order valence-electron chi connectivity index (χ1n) is 8.00. The van der Waals surface area contributed by atoms with Crippen molar-refractivity contribution in [3.63, 3.8) is 0 Å². The van der Waals surface area contributed by atoms with Gasteiger partial charge in [-0.2, -0.15) is 11.3 Å². The van der Waals surface area contributed by atoms with Crippen molar-refractivity contribution in [1.82, 2.24) is 9.88 Å². The number of hydrogen-bond donors (Lipinski definition) is 2. The number of benzene rings is 1. The topological polar surface area (TPSA) is 57.4 Å². The lowest BCUT2D eigenvalue weighted by atomic mass is 10.1. The molecule has 0 saturated carbocycles. The van der Waals surface area contributed by atoms with Gasteiger partial charge in [0.25, 0.3) is 0 Å². The lowest BCUT2D eigenvalue weighted by Crippen LogP contribution is -2.47. The van der Waals surface area contributed by atoms with Crippen LogP contribution in [-0.2, 0) is 4.74 Å². The van der Waals surface area contributed by atoms with E-state index in [1.165, 1.54) is 0 Å². The molecule has 24 heavy (non-hydrogen) atoms. The highest BCUT2D eigenvalue weighted by Crippen LogP contribution is 2.28. The Labute approximate surface area is 144 Å². The van der Waals surface area contributed by atoms with Crippen molar-refractivity contribution in [2.75, 3.05) is 18.4 Å². The lowest BCUT2D eigenvalue weighted by molar-refractivity contribution is -0.0640. The molecule has 1 aliphatic heterocycles. The number of ether oxygens (including phenoxy) is 1. The van der Waals surface area contributed by atoms with Crippen molar-refractivity contribution in [1.29, 1.82) is 0 Å². The number of anilines is 1. The van der Waals surface area contributed by atoms with E-state index in [4.69, 9.17) is 4.74 Å². The van der Waals surface area contributed by atoms with Crippen LogP contribution >= 0.6 is 11.3 Å². The van der Waals surface area contributed by atoms with Crippen LogP contribution in [0.4, 0.5) is 10.5 Å². The smallest absolute Gasteiger partial charge is 0.322 e. The van der Waals surface area contributed by atoms with Gasteiger partial charge in [-0.15, -0.1) is 0 Å². The van der Waals surface area contributed by atoms with E-state index in [2.05, 4.69) is 21.7 Å². The zero-order valence-electron chi connectivity index (χ0n) is 13.4. The van der Waals surface area contributed by atoms with Gasteiger partial charge in [0.2, 0.25) is 0 Å². The fourth-order valence-electron chi connectivity index (χ4n) is 3.15. The predicted molar refractivity (Wildman–Crippen MR) is 96.5 cm³/mol. The monoisotopic (exact) mass is 341 g/mol. The van der Waals surface area contributed by atoms with Crippen molar-refractivity contribution in [3.8, 4) is 0 Å². The van der Waals surface area contributed by atoms with Crippen molar-refractivity contribution >= 4 is 34.0 Å². The van der Waals surface area contributed by atoms with Crippen molar-refractivity contribution in [2.45, 2.75) is 19.1 Å². The Morgan fingerprint density at radius 3 is 3.08 bits per heavy atom. The molecule has 6 heteroatoms. The second-order valence-electron chi connectivity index (χ2n) is 6.07. The molecular weight excluding hydrogens is 322 g/mol. The van der Waals surface area contributed by atoms with Gasteiger partial charge in [0.05, 0.1) is 18.3 Å². The average molecular weight is 341 g/mol. The van der Waals surface area contributed by atoms with Crippen LogP contribution in [0.1, 0.15) is 18.6 Å². The maximum Gasteiger partial charge on any atom is 0.322 e. The van der Waals surface area contributed by atoms with E-state index < -0.39 is 0 Å². The summed E-state index contributed by atoms with van der Waals surface area (Å²) in [5, 5.41) is 8.18. The van der Waals surface area contributed by atoms with E-state index in [0.717, 1.165) is 22.2 Å². The summed E-state index contributed by atoms with van der Waals surface area (Å²) in [6.45, 7) is 3.16. The number of thiophene rings is 1. The van der Waals surface area contributed by atoms with Gasteiger partial charge in [0, 0.05) is 23.6 Å². The molecule has 1 fully saturated rings. The Bertz CT molecular complexity index is 843. The molecule has 2 amide bonds. The van der Waals surface area contributed by atoms with Crippen molar-refractivity contribution in [3.05, 3.63) is 52.9 Å². The number of amides is 2. The molecule has 1 aromatic carbocycles. The molecule has 2 N–H and O–H groups in total. The quantitative estimate of drug-likeness (QED) is 0.733. The van der Waals surface area contributed by atoms with Crippen LogP contribution in [0.25, 0.3) is 10.9 Å². The van der Waals surface area contributed by atoms with E-state index in [9.17, 15) is 4.79 Å². The number of rotatable bonds is 2. The number of nitrogens with zero attached hydrogens (tertiary/aromatic N) is 1. The second kappa shape index (κ2) is 6.30. The SMILES string of the molecule is C[C@H]1CN(C(=O)Nc2cccc3[nH]ccc23)C[C@H](c2ccsc2)O1. The van der Waals surface area contributed by atoms with Gasteiger partial charge >= 0.3 is 6.03 Å². The highest BCUT2D eigenvalue weighted by atomic mass is 32.1. The van der Waals surface area contributed by atoms with Gasteiger partial charge in [0.15, 0.2) is 0 Å². The predicted octanol–water partition coefficient (Wildman–Crippen LogP) is 4.22. The molecule has 0 bridgehead atoms. The van der Waals surface area contributed by atoms with Crippen LogP contribution < -0.4 is 5.32 Å². The van der Waals surface area contributed by atoms with Gasteiger partial charge in [0.1, 0.15) is 6.10 Å². The minimum atomic E-state index is -0.0842. The number of hydrogen-bond acceptors (Lipinski definition) is 3. The zero-order valence-corrected chi connectivity index (χ0v) is 14.2. The van der Waals surface area contributed by atoms with Crippen LogP contribution in [0.5, 0.6) is 0 Å². The lowest BCUT2D eigenvalue weighted by Gasteiger charge is -2.36. The number of aromatic nitrogens is 1. The number of morpholine rings is 1. The van der Waals surface area contributed by atoms with Crippen molar-refractivity contribution in [2.24, 2.45) is 0 Å². The minimum absolute atomic E-state index is 0.0115. The summed E-state index contributed by atoms with van der Waals surface area (Å²) < 4.78 is 6.00. The van der Waals surface area contributed by atoms with Crippen LogP contribution in [0.3, 0.4) is 0 Å². The van der Waals surface area contributed by atoms with Crippen LogP contribution in [0, 0.1) is 0 Å². The molecule has 0 unspecified atom stereocenters. The molecule has 2 aromatic heterocycles. The second-order valence-corrected chi connectivity index (χ2v) is 6.85. The van der Waals surface area contributed by atoms with E-state index in [-0.39, 0.29) is 18.2 Å². The molecule has 124 valence electrons. The number of fused-ring (bicyclic) bond motifs is 1. The van der Waals surface area contributed by atoms with E-state index >= 15 is 0 Å². The Morgan fingerprint density at radius 2 is 2.25 bits per heavy atom. The minimum Gasteiger partial charge on any atom is -0.367 e. The Hall–Kier alpha value is -2.31. The molecule has 3 heterocycles. The number of carbonyl (C=O) groups is 1. The van der Waals surface area contributed by atoms with Gasteiger partial charge < -0.3 is 19.9 Å². The number of H-pyrrole nitrogens is 1. The molecule has 3 aromatic rings. The maximum atomic E-state index is 12.7. The number of aromatic amines is 1. The molecule has 1 aliphatic rings. The number of carbonyl (C=O) groups excluding carboxylic acids is 1. The summed E-state index contributed by atoms with van der Waals surface area (Å²) in [5.74, 6) is 0. The molecule has 1 saturated heterocycles. The first-order chi connectivity index (χ1) is 11.7. The highest BCUT2D eigenvalue weighted by molar-refractivity contribution is 7.07. The summed E-state index contributed by atoms with van der Waals surface area (Å²) in [6.07, 6.45) is 1.83. The fraction of sp³-hybridized carbons (Fsp3) is 0.278. The summed E-state index contributed by atoms with van der Waals surface area (Å²) in [6, 6.07) is 9.80. The third-order valence-corrected chi connectivity index (χ3v) is 5.00. The van der Waals surface area contributed by atoms with E-state index in [1.807, 2.05) is 47.7 Å². The van der Waals surface area contributed by atoms with E-state index in [1.54, 1.807) is 11.3 Å². The number of nitrogens with one attached hydrogen (secondary N) is 2. The highest BCUT2D eigenvalue weighted by Gasteiger charge is 2.29. The van der Waals surface area contributed by atoms with Crippen LogP contribution in [0.15, 0.2) is 47.3 Å². The molecule has 4 rings (SSSR count). The van der Waals surface area contributed by atoms with Gasteiger partial charge in [-0.3, -0.25) is 0 Å². The summed E-state index contributed by atoms with van der Waals surface area (Å²) in [7, 11) is 0. The standard InChI is InChI=1S/C18H19N3O2S/c1-12-9-21(10-17(23-12)13-6-8-24-11-13)18(22)20-16-4-2-3-15-14(16)5-7-19-15/h2-8,11-12,17,19H,9-10H2,1H3,(H,20,22)/t12-,17+/m0/s1. The summed E-state index contributed by atoms with van der Waals surface area (Å²) in [5.41, 5.74) is 2.97. The van der Waals surface area contributed by atoms with Crippen LogP contribution in [0.2, 0.25) is 0 Å². The largest absolute Gasteiger partial charge is 0.367 e. The third-order valence-electron chi connectivity index (χ3n) is 4.30. The first kappa shape index (κ1) is 15.2. The molecule has 2 atom stereocenters. The average Bonchev–Trinajstić information content (AvgIpc) is 3.26. The van der Waals surface area contributed by atoms with Crippen LogP contribution in [-0.4, -0.2) is 35.1 Å². The zero-order chi connectivity index (χ0) is 16.5. The van der Waals surface area contributed by atoms with Crippen molar-refractivity contribution < 1.29 is 9.53 Å². The Balaban J connectivity index is 1.52. The summed E-state index contributed by atoms with van der Waals surface area (Å²) >= 11 is 1.65.